The SMILES string of the molecule is C=CCOC(=O)N[C@H](CBr)C(=O)O. The zero-order valence-electron chi connectivity index (χ0n) is 6.83. The molecule has 0 aliphatic rings. The van der Waals surface area contributed by atoms with Crippen LogP contribution in [0, 0.1) is 0 Å². The number of carboxylic acids is 1. The number of hydrogen-bond acceptors (Lipinski definition) is 3. The molecule has 0 rings (SSSR count). The van der Waals surface area contributed by atoms with Gasteiger partial charge in [0, 0.05) is 5.33 Å². The van der Waals surface area contributed by atoms with Gasteiger partial charge < -0.3 is 15.2 Å². The summed E-state index contributed by atoms with van der Waals surface area (Å²) in [6.45, 7) is 3.39. The summed E-state index contributed by atoms with van der Waals surface area (Å²) in [6.07, 6.45) is 0.621. The lowest BCUT2D eigenvalue weighted by Crippen LogP contribution is -2.42. The van der Waals surface area contributed by atoms with Crippen LogP contribution < -0.4 is 5.32 Å². The van der Waals surface area contributed by atoms with E-state index in [9.17, 15) is 9.59 Å². The quantitative estimate of drug-likeness (QED) is 0.559. The van der Waals surface area contributed by atoms with Crippen LogP contribution in [0.2, 0.25) is 0 Å². The number of nitrogens with one attached hydrogen (secondary N) is 1. The van der Waals surface area contributed by atoms with Gasteiger partial charge in [0.05, 0.1) is 0 Å². The number of rotatable bonds is 5. The summed E-state index contributed by atoms with van der Waals surface area (Å²) in [4.78, 5) is 21.2. The lowest BCUT2D eigenvalue weighted by atomic mass is 10.3. The Hall–Kier alpha value is -1.04. The van der Waals surface area contributed by atoms with Gasteiger partial charge in [-0.15, -0.1) is 0 Å². The van der Waals surface area contributed by atoms with Crippen LogP contribution in [-0.4, -0.2) is 35.1 Å². The van der Waals surface area contributed by atoms with Gasteiger partial charge in [0.15, 0.2) is 0 Å². The third-order valence-electron chi connectivity index (χ3n) is 1.08. The van der Waals surface area contributed by atoms with Gasteiger partial charge in [-0.3, -0.25) is 0 Å². The van der Waals surface area contributed by atoms with Gasteiger partial charge in [-0.05, 0) is 0 Å². The van der Waals surface area contributed by atoms with Crippen LogP contribution >= 0.6 is 15.9 Å². The summed E-state index contributed by atoms with van der Waals surface area (Å²) in [6, 6.07) is -0.975. The highest BCUT2D eigenvalue weighted by Gasteiger charge is 2.18. The van der Waals surface area contributed by atoms with Crippen LogP contribution in [0.4, 0.5) is 4.79 Å². The summed E-state index contributed by atoms with van der Waals surface area (Å²) >= 11 is 2.94. The first-order valence-corrected chi connectivity index (χ1v) is 4.57. The molecule has 0 heterocycles. The van der Waals surface area contributed by atoms with E-state index < -0.39 is 18.1 Å². The minimum atomic E-state index is -1.12. The van der Waals surface area contributed by atoms with Crippen molar-refractivity contribution in [2.24, 2.45) is 0 Å². The molecular weight excluding hydrogens is 242 g/mol. The molecule has 0 aromatic rings. The summed E-state index contributed by atoms with van der Waals surface area (Å²) in [7, 11) is 0. The van der Waals surface area contributed by atoms with Crippen LogP contribution in [-0.2, 0) is 9.53 Å². The highest BCUT2D eigenvalue weighted by Crippen LogP contribution is 1.92. The Morgan fingerprint density at radius 1 is 1.69 bits per heavy atom. The second-order valence-electron chi connectivity index (χ2n) is 2.08. The second kappa shape index (κ2) is 6.47. The average molecular weight is 252 g/mol. The van der Waals surface area contributed by atoms with Crippen LogP contribution in [0.1, 0.15) is 0 Å². The smallest absolute Gasteiger partial charge is 0.408 e. The monoisotopic (exact) mass is 251 g/mol. The fourth-order valence-electron chi connectivity index (χ4n) is 0.485. The summed E-state index contributed by atoms with van der Waals surface area (Å²) in [5, 5.41) is 10.8. The first kappa shape index (κ1) is 12.0. The number of halogens is 1. The van der Waals surface area contributed by atoms with Gasteiger partial charge in [0.25, 0.3) is 0 Å². The maximum absolute atomic E-state index is 10.8. The van der Waals surface area contributed by atoms with Crippen molar-refractivity contribution in [2.45, 2.75) is 6.04 Å². The van der Waals surface area contributed by atoms with E-state index in [1.54, 1.807) is 0 Å². The molecule has 74 valence electrons. The molecule has 0 bridgehead atoms. The number of ether oxygens (including phenoxy) is 1. The van der Waals surface area contributed by atoms with E-state index in [-0.39, 0.29) is 11.9 Å². The molecular formula is C7H10BrNO4. The van der Waals surface area contributed by atoms with Crippen molar-refractivity contribution in [3.05, 3.63) is 12.7 Å². The Labute approximate surface area is 83.9 Å². The standard InChI is InChI=1S/C7H10BrNO4/c1-2-3-13-7(12)9-5(4-8)6(10)11/h2,5H,1,3-4H2,(H,9,12)(H,10,11)/t5-/m1/s1. The number of alkyl halides is 1. The van der Waals surface area contributed by atoms with Gasteiger partial charge in [0.1, 0.15) is 12.6 Å². The van der Waals surface area contributed by atoms with Gasteiger partial charge >= 0.3 is 12.1 Å². The fraction of sp³-hybridized carbons (Fsp3) is 0.429. The molecule has 5 nitrogen and oxygen atoms in total. The molecule has 0 aliphatic heterocycles. The first-order chi connectivity index (χ1) is 6.11. The largest absolute Gasteiger partial charge is 0.480 e. The number of alkyl carbamates (subject to hydrolysis) is 1. The lowest BCUT2D eigenvalue weighted by Gasteiger charge is -2.10. The van der Waals surface area contributed by atoms with Crippen molar-refractivity contribution in [2.75, 3.05) is 11.9 Å². The van der Waals surface area contributed by atoms with E-state index in [4.69, 9.17) is 5.11 Å². The Balaban J connectivity index is 3.86. The Bertz CT molecular complexity index is 207. The van der Waals surface area contributed by atoms with Gasteiger partial charge in [-0.1, -0.05) is 28.6 Å². The lowest BCUT2D eigenvalue weighted by molar-refractivity contribution is -0.138. The number of aliphatic carboxylic acids is 1. The molecule has 0 unspecified atom stereocenters. The van der Waals surface area contributed by atoms with Crippen molar-refractivity contribution in [3.8, 4) is 0 Å². The number of carboxylic acid groups (broad SMARTS) is 1. The van der Waals surface area contributed by atoms with Crippen LogP contribution in [0.5, 0.6) is 0 Å². The zero-order chi connectivity index (χ0) is 10.3. The number of carbonyl (C=O) groups excluding carboxylic acids is 1. The third kappa shape index (κ3) is 5.24. The van der Waals surface area contributed by atoms with Crippen LogP contribution in [0.25, 0.3) is 0 Å². The van der Waals surface area contributed by atoms with E-state index in [1.165, 1.54) is 6.08 Å². The molecule has 0 fully saturated rings. The average Bonchev–Trinajstić information content (AvgIpc) is 2.10. The molecule has 0 aliphatic carbocycles. The van der Waals surface area contributed by atoms with Crippen molar-refractivity contribution in [1.29, 1.82) is 0 Å². The Morgan fingerprint density at radius 2 is 2.31 bits per heavy atom. The van der Waals surface area contributed by atoms with E-state index >= 15 is 0 Å². The van der Waals surface area contributed by atoms with Gasteiger partial charge in [0.2, 0.25) is 0 Å². The van der Waals surface area contributed by atoms with E-state index in [1.807, 2.05) is 0 Å². The maximum atomic E-state index is 10.8. The first-order valence-electron chi connectivity index (χ1n) is 3.44. The predicted molar refractivity (Wildman–Crippen MR) is 49.9 cm³/mol. The second-order valence-corrected chi connectivity index (χ2v) is 2.72. The normalized spacial score (nSPS) is 11.5. The number of amides is 1. The molecule has 0 saturated carbocycles. The zero-order valence-corrected chi connectivity index (χ0v) is 8.41. The molecule has 0 saturated heterocycles. The molecule has 0 radical (unpaired) electrons. The molecule has 6 heteroatoms. The molecule has 13 heavy (non-hydrogen) atoms. The highest BCUT2D eigenvalue weighted by atomic mass is 79.9. The maximum Gasteiger partial charge on any atom is 0.408 e. The Kier molecular flexibility index (Phi) is 5.96. The van der Waals surface area contributed by atoms with Crippen molar-refractivity contribution >= 4 is 28.0 Å². The van der Waals surface area contributed by atoms with Crippen molar-refractivity contribution in [3.63, 3.8) is 0 Å². The van der Waals surface area contributed by atoms with E-state index in [2.05, 4.69) is 32.6 Å². The van der Waals surface area contributed by atoms with Crippen molar-refractivity contribution in [1.82, 2.24) is 5.32 Å². The highest BCUT2D eigenvalue weighted by molar-refractivity contribution is 9.09. The van der Waals surface area contributed by atoms with E-state index in [0.717, 1.165) is 0 Å². The topological polar surface area (TPSA) is 75.6 Å². The number of carbonyl (C=O) groups is 2. The molecule has 0 spiro atoms. The molecule has 0 aromatic heterocycles. The summed E-state index contributed by atoms with van der Waals surface area (Å²) < 4.78 is 4.52. The summed E-state index contributed by atoms with van der Waals surface area (Å²) in [5.41, 5.74) is 0. The summed E-state index contributed by atoms with van der Waals surface area (Å²) in [5.74, 6) is -1.12. The fourth-order valence-corrected chi connectivity index (χ4v) is 0.924. The van der Waals surface area contributed by atoms with Crippen LogP contribution in [0.15, 0.2) is 12.7 Å². The molecule has 1 atom stereocenters. The molecule has 0 aromatic carbocycles. The predicted octanol–water partition coefficient (Wildman–Crippen LogP) is 0.747. The minimum Gasteiger partial charge on any atom is -0.480 e. The van der Waals surface area contributed by atoms with Crippen molar-refractivity contribution < 1.29 is 19.4 Å². The molecule has 2 N–H and O–H groups in total. The molecule has 1 amide bonds. The van der Waals surface area contributed by atoms with E-state index in [0.29, 0.717) is 0 Å². The van der Waals surface area contributed by atoms with Crippen LogP contribution in [0.3, 0.4) is 0 Å². The third-order valence-corrected chi connectivity index (χ3v) is 1.72. The minimum absolute atomic E-state index is 0.0560. The Morgan fingerprint density at radius 3 is 2.69 bits per heavy atom. The van der Waals surface area contributed by atoms with Gasteiger partial charge in [-0.2, -0.15) is 0 Å². The van der Waals surface area contributed by atoms with Gasteiger partial charge in [-0.25, -0.2) is 9.59 Å². The number of hydrogen-bond donors (Lipinski definition) is 2.